The summed E-state index contributed by atoms with van der Waals surface area (Å²) in [7, 11) is 0. The van der Waals surface area contributed by atoms with Gasteiger partial charge in [0.25, 0.3) is 0 Å². The molecule has 16 heavy (non-hydrogen) atoms. The Morgan fingerprint density at radius 3 is 2.62 bits per heavy atom. The van der Waals surface area contributed by atoms with E-state index in [4.69, 9.17) is 9.84 Å². The van der Waals surface area contributed by atoms with Crippen LogP contribution in [-0.4, -0.2) is 11.7 Å². The minimum Gasteiger partial charge on any atom is -0.490 e. The van der Waals surface area contributed by atoms with Gasteiger partial charge in [-0.05, 0) is 36.5 Å². The molecular weight excluding hydrogens is 207 g/mol. The molecule has 0 bridgehead atoms. The highest BCUT2D eigenvalue weighted by Crippen LogP contribution is 2.30. The molecule has 1 saturated carbocycles. The number of ether oxygens (including phenoxy) is 1. The predicted octanol–water partition coefficient (Wildman–Crippen LogP) is 3.13. The Bertz CT molecular complexity index is 322. The average Bonchev–Trinajstić information content (AvgIpc) is 3.15. The third-order valence-electron chi connectivity index (χ3n) is 2.35. The van der Waals surface area contributed by atoms with Crippen LogP contribution in [0.25, 0.3) is 0 Å². The quantitative estimate of drug-likeness (QED) is 0.854. The molecule has 2 nitrogen and oxygen atoms in total. The van der Waals surface area contributed by atoms with Crippen molar-refractivity contribution in [3.8, 4) is 5.75 Å². The smallest absolute Gasteiger partial charge is 0.165 e. The van der Waals surface area contributed by atoms with Crippen LogP contribution in [-0.2, 0) is 6.61 Å². The van der Waals surface area contributed by atoms with Gasteiger partial charge in [-0.1, -0.05) is 19.9 Å². The Balaban J connectivity index is 0.000000606. The fraction of sp³-hybridized carbons (Fsp3) is 0.538. The molecule has 1 fully saturated rings. The molecule has 0 aliphatic heterocycles. The first-order chi connectivity index (χ1) is 7.79. The van der Waals surface area contributed by atoms with Crippen molar-refractivity contribution in [3.63, 3.8) is 0 Å². The topological polar surface area (TPSA) is 29.5 Å². The molecule has 1 aromatic carbocycles. The van der Waals surface area contributed by atoms with Crippen LogP contribution in [0.2, 0.25) is 0 Å². The standard InChI is InChI=1S/C11H13FO2.C2H6/c12-10-4-3-9(6-13)5-11(10)14-7-8-1-2-8;1-2/h3-5,8,13H,1-2,6-7H2;1-2H3. The van der Waals surface area contributed by atoms with Gasteiger partial charge >= 0.3 is 0 Å². The van der Waals surface area contributed by atoms with E-state index in [1.54, 1.807) is 12.1 Å². The van der Waals surface area contributed by atoms with E-state index in [0.717, 1.165) is 0 Å². The second-order valence-corrected chi connectivity index (χ2v) is 3.68. The van der Waals surface area contributed by atoms with Gasteiger partial charge in [0.1, 0.15) is 0 Å². The highest BCUT2D eigenvalue weighted by Gasteiger charge is 2.22. The molecule has 1 aliphatic rings. The first kappa shape index (κ1) is 13.0. The molecule has 2 rings (SSSR count). The summed E-state index contributed by atoms with van der Waals surface area (Å²) in [6.07, 6.45) is 2.36. The van der Waals surface area contributed by atoms with Gasteiger partial charge in [0, 0.05) is 0 Å². The van der Waals surface area contributed by atoms with Crippen molar-refractivity contribution in [2.45, 2.75) is 33.3 Å². The lowest BCUT2D eigenvalue weighted by atomic mass is 10.2. The zero-order valence-electron chi connectivity index (χ0n) is 9.87. The molecule has 1 aliphatic carbocycles. The van der Waals surface area contributed by atoms with E-state index in [0.29, 0.717) is 18.1 Å². The Labute approximate surface area is 96.1 Å². The van der Waals surface area contributed by atoms with Crippen LogP contribution < -0.4 is 4.74 Å². The van der Waals surface area contributed by atoms with Crippen LogP contribution in [0.5, 0.6) is 5.75 Å². The lowest BCUT2D eigenvalue weighted by Gasteiger charge is -2.07. The summed E-state index contributed by atoms with van der Waals surface area (Å²) < 4.78 is 18.5. The number of benzene rings is 1. The van der Waals surface area contributed by atoms with Gasteiger partial charge in [-0.25, -0.2) is 4.39 Å². The van der Waals surface area contributed by atoms with Gasteiger partial charge in [0.05, 0.1) is 13.2 Å². The Morgan fingerprint density at radius 2 is 2.06 bits per heavy atom. The molecule has 0 heterocycles. The summed E-state index contributed by atoms with van der Waals surface area (Å²) >= 11 is 0. The van der Waals surface area contributed by atoms with Crippen LogP contribution in [0.1, 0.15) is 32.3 Å². The van der Waals surface area contributed by atoms with Crippen molar-refractivity contribution in [1.82, 2.24) is 0 Å². The van der Waals surface area contributed by atoms with Gasteiger partial charge < -0.3 is 9.84 Å². The molecular formula is C13H19FO2. The van der Waals surface area contributed by atoms with Crippen LogP contribution in [0.15, 0.2) is 18.2 Å². The van der Waals surface area contributed by atoms with E-state index < -0.39 is 0 Å². The maximum Gasteiger partial charge on any atom is 0.165 e. The van der Waals surface area contributed by atoms with E-state index in [-0.39, 0.29) is 18.2 Å². The predicted molar refractivity (Wildman–Crippen MR) is 61.9 cm³/mol. The summed E-state index contributed by atoms with van der Waals surface area (Å²) in [4.78, 5) is 0. The van der Waals surface area contributed by atoms with Crippen LogP contribution in [0, 0.1) is 11.7 Å². The Kier molecular flexibility index (Phi) is 5.26. The van der Waals surface area contributed by atoms with Gasteiger partial charge in [-0.3, -0.25) is 0 Å². The van der Waals surface area contributed by atoms with Gasteiger partial charge in [-0.2, -0.15) is 0 Å². The molecule has 3 heteroatoms. The summed E-state index contributed by atoms with van der Waals surface area (Å²) in [6.45, 7) is 4.51. The SMILES string of the molecule is CC.OCc1ccc(F)c(OCC2CC2)c1. The number of hydrogen-bond donors (Lipinski definition) is 1. The molecule has 1 N–H and O–H groups in total. The monoisotopic (exact) mass is 226 g/mol. The number of halogens is 1. The molecule has 1 aromatic rings. The van der Waals surface area contributed by atoms with Crippen molar-refractivity contribution in [1.29, 1.82) is 0 Å². The van der Waals surface area contributed by atoms with Crippen molar-refractivity contribution >= 4 is 0 Å². The lowest BCUT2D eigenvalue weighted by Crippen LogP contribution is -2.01. The number of hydrogen-bond acceptors (Lipinski definition) is 2. The number of rotatable bonds is 4. The fourth-order valence-electron chi connectivity index (χ4n) is 1.25. The van der Waals surface area contributed by atoms with Crippen LogP contribution in [0.3, 0.4) is 0 Å². The maximum absolute atomic E-state index is 13.2. The summed E-state index contributed by atoms with van der Waals surface area (Å²) in [5, 5.41) is 8.86. The van der Waals surface area contributed by atoms with E-state index in [1.165, 1.54) is 18.9 Å². The van der Waals surface area contributed by atoms with Gasteiger partial charge in [-0.15, -0.1) is 0 Å². The summed E-state index contributed by atoms with van der Waals surface area (Å²) in [5.74, 6) is 0.499. The molecule has 90 valence electrons. The van der Waals surface area contributed by atoms with E-state index in [2.05, 4.69) is 0 Å². The zero-order chi connectivity index (χ0) is 12.0. The lowest BCUT2D eigenvalue weighted by molar-refractivity contribution is 0.272. The minimum atomic E-state index is -0.358. The van der Waals surface area contributed by atoms with E-state index in [1.807, 2.05) is 13.8 Å². The van der Waals surface area contributed by atoms with E-state index >= 15 is 0 Å². The molecule has 0 amide bonds. The molecule has 0 radical (unpaired) electrons. The first-order valence-corrected chi connectivity index (χ1v) is 5.81. The highest BCUT2D eigenvalue weighted by atomic mass is 19.1. The molecule has 0 spiro atoms. The van der Waals surface area contributed by atoms with Crippen molar-refractivity contribution < 1.29 is 14.2 Å². The van der Waals surface area contributed by atoms with Crippen molar-refractivity contribution in [2.75, 3.05) is 6.61 Å². The molecule has 0 atom stereocenters. The minimum absolute atomic E-state index is 0.0833. The highest BCUT2D eigenvalue weighted by molar-refractivity contribution is 5.29. The average molecular weight is 226 g/mol. The van der Waals surface area contributed by atoms with Crippen molar-refractivity contribution in [2.24, 2.45) is 5.92 Å². The normalized spacial score (nSPS) is 14.0. The Hall–Kier alpha value is -1.09. The van der Waals surface area contributed by atoms with Gasteiger partial charge in [0.2, 0.25) is 0 Å². The van der Waals surface area contributed by atoms with Crippen molar-refractivity contribution in [3.05, 3.63) is 29.6 Å². The maximum atomic E-state index is 13.2. The molecule has 0 saturated heterocycles. The molecule has 0 aromatic heterocycles. The van der Waals surface area contributed by atoms with Crippen LogP contribution in [0.4, 0.5) is 4.39 Å². The third-order valence-corrected chi connectivity index (χ3v) is 2.35. The van der Waals surface area contributed by atoms with Crippen LogP contribution >= 0.6 is 0 Å². The number of aliphatic hydroxyl groups excluding tert-OH is 1. The zero-order valence-corrected chi connectivity index (χ0v) is 9.87. The van der Waals surface area contributed by atoms with E-state index in [9.17, 15) is 4.39 Å². The summed E-state index contributed by atoms with van der Waals surface area (Å²) in [6, 6.07) is 4.44. The first-order valence-electron chi connectivity index (χ1n) is 5.81. The largest absolute Gasteiger partial charge is 0.490 e. The summed E-state index contributed by atoms with van der Waals surface area (Å²) in [5.41, 5.74) is 0.678. The Morgan fingerprint density at radius 1 is 1.38 bits per heavy atom. The second-order valence-electron chi connectivity index (χ2n) is 3.68. The third kappa shape index (κ3) is 3.81. The van der Waals surface area contributed by atoms with Gasteiger partial charge in [0.15, 0.2) is 11.6 Å². The fourth-order valence-corrected chi connectivity index (χ4v) is 1.25. The number of aliphatic hydroxyl groups is 1. The molecule has 0 unspecified atom stereocenters. The second kappa shape index (κ2) is 6.48.